The molecule has 3 aromatic carbocycles. The van der Waals surface area contributed by atoms with Gasteiger partial charge in [-0.05, 0) is 80.3 Å². The second-order valence-electron chi connectivity index (χ2n) is 21.5. The van der Waals surface area contributed by atoms with Crippen molar-refractivity contribution < 1.29 is 33.8 Å². The van der Waals surface area contributed by atoms with Crippen molar-refractivity contribution in [1.82, 2.24) is 45.2 Å². The number of likely N-dealkylation sites (tertiary alicyclic amines) is 1. The zero-order valence-corrected chi connectivity index (χ0v) is 48.1. The van der Waals surface area contributed by atoms with Crippen LogP contribution in [0.3, 0.4) is 0 Å². The number of halogens is 1. The number of β-amino-alcohol motifs (C(OH)–C–C–N with tert-alkyl or cyclic N) is 1. The zero-order valence-electron chi connectivity index (χ0n) is 45.7. The van der Waals surface area contributed by atoms with E-state index in [1.807, 2.05) is 131 Å². The number of nitrogens with zero attached hydrogens (tertiary/aromatic N) is 8. The second-order valence-corrected chi connectivity index (χ2v) is 24.0. The van der Waals surface area contributed by atoms with Gasteiger partial charge in [-0.1, -0.05) is 100.0 Å². The van der Waals surface area contributed by atoms with E-state index < -0.39 is 41.5 Å². The first kappa shape index (κ1) is 56.8. The molecule has 0 spiro atoms. The number of benzene rings is 3. The molecular weight excluding hydrogens is 1060 g/mol. The maximum Gasteiger partial charge on any atom is 0.246 e. The average Bonchev–Trinajstić information content (AvgIpc) is 4.32. The second kappa shape index (κ2) is 24.2. The van der Waals surface area contributed by atoms with Gasteiger partial charge in [0.15, 0.2) is 17.4 Å². The van der Waals surface area contributed by atoms with Crippen molar-refractivity contribution in [2.75, 3.05) is 19.9 Å². The number of carbonyl (C=O) groups is 4. The number of amides is 3. The monoisotopic (exact) mass is 1120 g/mol. The highest BCUT2D eigenvalue weighted by Gasteiger charge is 2.44. The zero-order chi connectivity index (χ0) is 56.3. The van der Waals surface area contributed by atoms with Crippen LogP contribution in [0.1, 0.15) is 127 Å². The van der Waals surface area contributed by atoms with Crippen molar-refractivity contribution in [3.63, 3.8) is 0 Å². The Morgan fingerprint density at radius 1 is 0.835 bits per heavy atom. The van der Waals surface area contributed by atoms with Crippen molar-refractivity contribution >= 4 is 63.5 Å². The highest BCUT2D eigenvalue weighted by atomic mass is 35.5. The minimum Gasteiger partial charge on any atom is -0.391 e. The predicted octanol–water partition coefficient (Wildman–Crippen LogP) is 9.70. The summed E-state index contributed by atoms with van der Waals surface area (Å²) in [5.74, 6) is 0.418. The lowest BCUT2D eigenvalue weighted by Crippen LogP contribution is -2.57. The molecule has 2 aliphatic heterocycles. The molecule has 6 atom stereocenters. The minimum absolute atomic E-state index is 0.00618. The molecule has 79 heavy (non-hydrogen) atoms. The number of fused-ring (bicyclic) bond motifs is 3. The molecule has 9 rings (SSSR count). The number of nitrogens with one attached hydrogen (secondary N) is 2. The van der Waals surface area contributed by atoms with Crippen LogP contribution < -0.4 is 10.6 Å². The first-order valence-corrected chi connectivity index (χ1v) is 28.3. The molecule has 20 heteroatoms. The SMILES string of the molecule is Cc1ncsc1-c1ccc([C@H](C)CC(=O)C2C[C@@H](O)CN2C(=O)[C@@H](NC(=O)COCOCc2cnc(-c3ccc([C@H](C)NC(=O)C[C@@H]4N=C(c5ccc(Cl)cc5)c5c(sc(C)c5C)-n5c(C)nnc54)cc3)nc2)C(C)(C)C)cc1. The van der Waals surface area contributed by atoms with Crippen molar-refractivity contribution in [3.8, 4) is 26.8 Å². The van der Waals surface area contributed by atoms with Crippen LogP contribution >= 0.6 is 34.3 Å². The predicted molar refractivity (Wildman–Crippen MR) is 305 cm³/mol. The molecule has 3 N–H and O–H groups in total. The van der Waals surface area contributed by atoms with Crippen LogP contribution in [0.4, 0.5) is 0 Å². The fourth-order valence-corrected chi connectivity index (χ4v) is 12.2. The summed E-state index contributed by atoms with van der Waals surface area (Å²) in [5.41, 5.74) is 10.3. The van der Waals surface area contributed by atoms with Crippen LogP contribution in [-0.2, 0) is 35.3 Å². The first-order valence-electron chi connectivity index (χ1n) is 26.3. The number of aliphatic hydroxyl groups is 1. The quantitative estimate of drug-likeness (QED) is 0.0510. The summed E-state index contributed by atoms with van der Waals surface area (Å²) in [6.07, 6.45) is 2.82. The molecule has 2 aliphatic rings. The van der Waals surface area contributed by atoms with E-state index in [1.165, 1.54) is 4.90 Å². The third kappa shape index (κ3) is 12.9. The number of Topliss-reactive ketones (excluding diaryl/α,β-unsaturated/α-hetero) is 1. The number of carbonyl (C=O) groups excluding carboxylic acids is 4. The Kier molecular flexibility index (Phi) is 17.4. The number of aliphatic imine (C=N–C) groups is 1. The number of ketones is 1. The van der Waals surface area contributed by atoms with Crippen LogP contribution in [-0.4, -0.2) is 107 Å². The van der Waals surface area contributed by atoms with E-state index in [0.29, 0.717) is 22.2 Å². The summed E-state index contributed by atoms with van der Waals surface area (Å²) in [4.78, 5) is 77.4. The van der Waals surface area contributed by atoms with E-state index in [0.717, 1.165) is 70.9 Å². The first-order chi connectivity index (χ1) is 37.7. The van der Waals surface area contributed by atoms with Gasteiger partial charge in [-0.2, -0.15) is 0 Å². The van der Waals surface area contributed by atoms with Crippen LogP contribution in [0.25, 0.3) is 26.8 Å². The van der Waals surface area contributed by atoms with Gasteiger partial charge >= 0.3 is 0 Å². The van der Waals surface area contributed by atoms with E-state index in [-0.39, 0.29) is 69.5 Å². The van der Waals surface area contributed by atoms with E-state index in [9.17, 15) is 24.3 Å². The van der Waals surface area contributed by atoms with Crippen LogP contribution in [0, 0.1) is 33.1 Å². The summed E-state index contributed by atoms with van der Waals surface area (Å²) in [6, 6.07) is 20.6. The van der Waals surface area contributed by atoms with Crippen LogP contribution in [0.2, 0.25) is 5.02 Å². The number of hydrogen-bond acceptors (Lipinski definition) is 15. The molecule has 4 aromatic heterocycles. The smallest absolute Gasteiger partial charge is 0.246 e. The number of rotatable bonds is 19. The molecule has 0 bridgehead atoms. The number of aliphatic hydroxyl groups excluding tert-OH is 1. The van der Waals surface area contributed by atoms with Gasteiger partial charge in [0.2, 0.25) is 17.7 Å². The molecule has 412 valence electrons. The number of thiazole rings is 1. The Morgan fingerprint density at radius 3 is 2.18 bits per heavy atom. The largest absolute Gasteiger partial charge is 0.391 e. The molecule has 0 saturated carbocycles. The molecule has 1 fully saturated rings. The van der Waals surface area contributed by atoms with Gasteiger partial charge in [-0.3, -0.25) is 28.7 Å². The number of thiophene rings is 1. The number of hydrogen-bond donors (Lipinski definition) is 3. The van der Waals surface area contributed by atoms with Crippen molar-refractivity contribution in [2.24, 2.45) is 10.4 Å². The summed E-state index contributed by atoms with van der Waals surface area (Å²) in [6.45, 7) is 17.0. The fraction of sp³-hybridized carbons (Fsp3) is 0.390. The van der Waals surface area contributed by atoms with E-state index in [1.54, 1.807) is 35.1 Å². The number of ether oxygens (including phenoxy) is 2. The lowest BCUT2D eigenvalue weighted by Gasteiger charge is -2.35. The van der Waals surface area contributed by atoms with Gasteiger partial charge in [-0.25, -0.2) is 15.0 Å². The highest BCUT2D eigenvalue weighted by Crippen LogP contribution is 2.40. The number of aryl methyl sites for hydroxylation is 3. The molecular formula is C59H65ClN10O7S2. The van der Waals surface area contributed by atoms with Gasteiger partial charge in [0.1, 0.15) is 36.3 Å². The molecule has 0 radical (unpaired) electrons. The van der Waals surface area contributed by atoms with Crippen LogP contribution in [0.15, 0.2) is 95.7 Å². The number of aromatic nitrogens is 6. The normalized spacial score (nSPS) is 17.3. The Hall–Kier alpha value is -6.87. The molecule has 1 saturated heterocycles. The van der Waals surface area contributed by atoms with Gasteiger partial charge in [-0.15, -0.1) is 32.9 Å². The Labute approximate surface area is 472 Å². The summed E-state index contributed by atoms with van der Waals surface area (Å²) in [7, 11) is 0. The maximum atomic E-state index is 14.2. The van der Waals surface area contributed by atoms with Gasteiger partial charge in [0.25, 0.3) is 0 Å². The maximum absolute atomic E-state index is 14.2. The molecule has 7 aromatic rings. The van der Waals surface area contributed by atoms with Crippen molar-refractivity contribution in [1.29, 1.82) is 0 Å². The lowest BCUT2D eigenvalue weighted by molar-refractivity contribution is -0.145. The highest BCUT2D eigenvalue weighted by molar-refractivity contribution is 7.15. The van der Waals surface area contributed by atoms with E-state index in [2.05, 4.69) is 49.6 Å². The summed E-state index contributed by atoms with van der Waals surface area (Å²) in [5, 5.41) is 27.2. The summed E-state index contributed by atoms with van der Waals surface area (Å²) >= 11 is 9.52. The Morgan fingerprint density at radius 2 is 1.51 bits per heavy atom. The molecule has 1 unspecified atom stereocenters. The third-order valence-corrected chi connectivity index (χ3v) is 16.9. The minimum atomic E-state index is -0.991. The van der Waals surface area contributed by atoms with E-state index >= 15 is 0 Å². The Bertz CT molecular complexity index is 3370. The third-order valence-electron chi connectivity index (χ3n) is 14.5. The molecule has 17 nitrogen and oxygen atoms in total. The standard InChI is InChI=1S/C59H65ClN10O7S2/c1-32(39-10-14-42(15-11-39)53-35(4)63-30-78-53)22-48(72)47-23-45(71)27-69(47)57(75)54(59(7,8)9)66-50(74)29-77-31-76-28-38-25-61-55(62-26-38)43-16-12-40(13-17-43)34(3)64-49(73)24-46-56-68-67-37(6)70(56)58-51(33(2)36(5)79-58)52(65-46)41-18-20-44(60)21-19-41/h10-21,25-26,30,32,34,45-47,54,71H,22-24,27-29,31H2,1-9H3,(H,64,73)(H,66,74)/t32-,34+,45-,46+,47?,54-/m1/s1. The Balaban J connectivity index is 0.735. The topological polar surface area (TPSA) is 216 Å². The average molecular weight is 1130 g/mol. The lowest BCUT2D eigenvalue weighted by atomic mass is 9.85. The molecule has 6 heterocycles. The van der Waals surface area contributed by atoms with Gasteiger partial charge in [0.05, 0.1) is 53.0 Å². The van der Waals surface area contributed by atoms with Crippen molar-refractivity contribution in [2.45, 2.75) is 124 Å². The van der Waals surface area contributed by atoms with Crippen molar-refractivity contribution in [3.05, 3.63) is 151 Å². The van der Waals surface area contributed by atoms with Gasteiger partial charge in [0, 0.05) is 63.9 Å². The molecule has 0 aliphatic carbocycles. The summed E-state index contributed by atoms with van der Waals surface area (Å²) < 4.78 is 13.2. The molecule has 3 amide bonds. The van der Waals surface area contributed by atoms with Crippen LogP contribution in [0.5, 0.6) is 0 Å². The van der Waals surface area contributed by atoms with E-state index in [4.69, 9.17) is 26.1 Å². The van der Waals surface area contributed by atoms with Gasteiger partial charge < -0.3 is 30.1 Å². The fourth-order valence-electron chi connectivity index (χ4n) is 10.0.